The smallest absolute Gasteiger partial charge is 0.307 e. The van der Waals surface area contributed by atoms with E-state index in [9.17, 15) is 9.90 Å². The molecule has 0 unspecified atom stereocenters. The number of ether oxygens (including phenoxy) is 2. The average molecular weight is 222 g/mol. The van der Waals surface area contributed by atoms with Gasteiger partial charge in [0.05, 0.1) is 7.11 Å². The number of benzene rings is 1. The van der Waals surface area contributed by atoms with Crippen LogP contribution in [0, 0.1) is 0 Å². The first-order valence-electron chi connectivity index (χ1n) is 4.76. The SMILES string of the molecule is COc1cc(C=C(C)OC(C)=O)ccc1O. The summed E-state index contributed by atoms with van der Waals surface area (Å²) in [6, 6.07) is 4.87. The minimum absolute atomic E-state index is 0.0739. The number of allylic oxidation sites excluding steroid dienone is 1. The number of hydrogen-bond donors (Lipinski definition) is 1. The maximum absolute atomic E-state index is 10.7. The van der Waals surface area contributed by atoms with Crippen molar-refractivity contribution in [1.29, 1.82) is 0 Å². The number of aromatic hydroxyl groups is 1. The van der Waals surface area contributed by atoms with Gasteiger partial charge in [0.25, 0.3) is 0 Å². The third kappa shape index (κ3) is 3.31. The summed E-state index contributed by atoms with van der Waals surface area (Å²) in [7, 11) is 1.47. The lowest BCUT2D eigenvalue weighted by atomic mass is 10.2. The van der Waals surface area contributed by atoms with Gasteiger partial charge < -0.3 is 14.6 Å². The molecule has 1 N–H and O–H groups in total. The Kier molecular flexibility index (Phi) is 3.94. The molecule has 16 heavy (non-hydrogen) atoms. The van der Waals surface area contributed by atoms with Crippen LogP contribution in [0.15, 0.2) is 24.0 Å². The minimum atomic E-state index is -0.362. The van der Waals surface area contributed by atoms with Crippen LogP contribution in [0.25, 0.3) is 6.08 Å². The second kappa shape index (κ2) is 5.21. The standard InChI is InChI=1S/C12H14O4/c1-8(16-9(2)13)6-10-4-5-11(14)12(7-10)15-3/h4-7,14H,1-3H3. The van der Waals surface area contributed by atoms with Gasteiger partial charge in [-0.1, -0.05) is 6.07 Å². The normalized spacial score (nSPS) is 11.1. The summed E-state index contributed by atoms with van der Waals surface area (Å²) in [6.07, 6.45) is 1.68. The molecule has 0 bridgehead atoms. The molecule has 0 saturated heterocycles. The molecule has 0 amide bonds. The monoisotopic (exact) mass is 222 g/mol. The molecule has 0 fully saturated rings. The number of carbonyl (C=O) groups excluding carboxylic acids is 1. The summed E-state index contributed by atoms with van der Waals surface area (Å²) >= 11 is 0. The van der Waals surface area contributed by atoms with Gasteiger partial charge in [0.15, 0.2) is 11.5 Å². The van der Waals surface area contributed by atoms with E-state index in [2.05, 4.69) is 0 Å². The van der Waals surface area contributed by atoms with Crippen LogP contribution in [0.2, 0.25) is 0 Å². The molecule has 0 saturated carbocycles. The van der Waals surface area contributed by atoms with E-state index < -0.39 is 0 Å². The van der Waals surface area contributed by atoms with Crippen molar-refractivity contribution >= 4 is 12.0 Å². The zero-order valence-electron chi connectivity index (χ0n) is 9.48. The first-order valence-corrected chi connectivity index (χ1v) is 4.76. The van der Waals surface area contributed by atoms with Gasteiger partial charge >= 0.3 is 5.97 Å². The van der Waals surface area contributed by atoms with E-state index in [1.807, 2.05) is 0 Å². The average Bonchev–Trinajstić information content (AvgIpc) is 2.19. The van der Waals surface area contributed by atoms with Crippen LogP contribution < -0.4 is 4.74 Å². The van der Waals surface area contributed by atoms with E-state index in [-0.39, 0.29) is 11.7 Å². The van der Waals surface area contributed by atoms with E-state index in [0.29, 0.717) is 11.5 Å². The summed E-state index contributed by atoms with van der Waals surface area (Å²) in [6.45, 7) is 3.02. The quantitative estimate of drug-likeness (QED) is 0.630. The molecule has 0 radical (unpaired) electrons. The number of phenolic OH excluding ortho intramolecular Hbond substituents is 1. The van der Waals surface area contributed by atoms with Crippen molar-refractivity contribution in [2.75, 3.05) is 7.11 Å². The highest BCUT2D eigenvalue weighted by molar-refractivity contribution is 5.69. The van der Waals surface area contributed by atoms with Crippen LogP contribution >= 0.6 is 0 Å². The number of methoxy groups -OCH3 is 1. The summed E-state index contributed by atoms with van der Waals surface area (Å²) in [5.74, 6) is 0.578. The second-order valence-corrected chi connectivity index (χ2v) is 3.28. The molecule has 1 aromatic rings. The molecule has 1 aromatic carbocycles. The Hall–Kier alpha value is -1.97. The largest absolute Gasteiger partial charge is 0.504 e. The molecule has 0 aliphatic heterocycles. The Labute approximate surface area is 94.1 Å². The summed E-state index contributed by atoms with van der Waals surface area (Å²) < 4.78 is 9.84. The molecule has 0 aliphatic carbocycles. The Morgan fingerprint density at radius 1 is 1.38 bits per heavy atom. The number of rotatable bonds is 3. The van der Waals surface area contributed by atoms with Crippen LogP contribution in [0.4, 0.5) is 0 Å². The fourth-order valence-electron chi connectivity index (χ4n) is 1.27. The molecule has 86 valence electrons. The van der Waals surface area contributed by atoms with Crippen LogP contribution in [-0.2, 0) is 9.53 Å². The number of esters is 1. The van der Waals surface area contributed by atoms with Crippen molar-refractivity contribution in [3.05, 3.63) is 29.5 Å². The zero-order chi connectivity index (χ0) is 12.1. The Bertz CT molecular complexity index is 421. The highest BCUT2D eigenvalue weighted by Gasteiger charge is 2.02. The highest BCUT2D eigenvalue weighted by Crippen LogP contribution is 2.27. The first kappa shape index (κ1) is 12.1. The fourth-order valence-corrected chi connectivity index (χ4v) is 1.27. The lowest BCUT2D eigenvalue weighted by Crippen LogP contribution is -1.95. The molecular formula is C12H14O4. The molecule has 0 aliphatic rings. The molecule has 4 heteroatoms. The summed E-state index contributed by atoms with van der Waals surface area (Å²) in [5.41, 5.74) is 0.786. The van der Waals surface area contributed by atoms with Gasteiger partial charge in [0, 0.05) is 6.92 Å². The van der Waals surface area contributed by atoms with Crippen molar-refractivity contribution in [3.63, 3.8) is 0 Å². The highest BCUT2D eigenvalue weighted by atomic mass is 16.5. The van der Waals surface area contributed by atoms with E-state index >= 15 is 0 Å². The first-order chi connectivity index (χ1) is 7.52. The Balaban J connectivity index is 2.93. The van der Waals surface area contributed by atoms with Gasteiger partial charge in [-0.15, -0.1) is 0 Å². The second-order valence-electron chi connectivity index (χ2n) is 3.28. The maximum Gasteiger partial charge on any atom is 0.307 e. The van der Waals surface area contributed by atoms with Crippen molar-refractivity contribution in [2.45, 2.75) is 13.8 Å². The lowest BCUT2D eigenvalue weighted by molar-refractivity contribution is -0.136. The topological polar surface area (TPSA) is 55.8 Å². The minimum Gasteiger partial charge on any atom is -0.504 e. The molecule has 0 spiro atoms. The predicted octanol–water partition coefficient (Wildman–Crippen LogP) is 2.32. The summed E-state index contributed by atoms with van der Waals surface area (Å²) in [5, 5.41) is 9.38. The van der Waals surface area contributed by atoms with Crippen molar-refractivity contribution in [3.8, 4) is 11.5 Å². The molecule has 0 aromatic heterocycles. The van der Waals surface area contributed by atoms with Gasteiger partial charge in [-0.05, 0) is 30.7 Å². The van der Waals surface area contributed by atoms with Gasteiger partial charge in [-0.3, -0.25) is 4.79 Å². The van der Waals surface area contributed by atoms with E-state index in [4.69, 9.17) is 9.47 Å². The van der Waals surface area contributed by atoms with Gasteiger partial charge in [0.1, 0.15) is 5.76 Å². The Morgan fingerprint density at radius 3 is 2.62 bits per heavy atom. The molecular weight excluding hydrogens is 208 g/mol. The molecule has 1 rings (SSSR count). The van der Waals surface area contributed by atoms with Crippen molar-refractivity contribution < 1.29 is 19.4 Å². The van der Waals surface area contributed by atoms with Crippen LogP contribution in [0.3, 0.4) is 0 Å². The van der Waals surface area contributed by atoms with Gasteiger partial charge in [0.2, 0.25) is 0 Å². The van der Waals surface area contributed by atoms with Crippen LogP contribution in [0.1, 0.15) is 19.4 Å². The number of phenols is 1. The maximum atomic E-state index is 10.7. The Morgan fingerprint density at radius 2 is 2.06 bits per heavy atom. The van der Waals surface area contributed by atoms with Gasteiger partial charge in [-0.2, -0.15) is 0 Å². The van der Waals surface area contributed by atoms with Crippen LogP contribution in [0.5, 0.6) is 11.5 Å². The summed E-state index contributed by atoms with van der Waals surface area (Å²) in [4.78, 5) is 10.7. The zero-order valence-corrected chi connectivity index (χ0v) is 9.48. The molecule has 0 atom stereocenters. The molecule has 0 heterocycles. The fraction of sp³-hybridized carbons (Fsp3) is 0.250. The molecule has 4 nitrogen and oxygen atoms in total. The van der Waals surface area contributed by atoms with E-state index in [0.717, 1.165) is 5.56 Å². The third-order valence-electron chi connectivity index (χ3n) is 1.88. The third-order valence-corrected chi connectivity index (χ3v) is 1.88. The van der Waals surface area contributed by atoms with E-state index in [1.54, 1.807) is 25.1 Å². The van der Waals surface area contributed by atoms with Crippen molar-refractivity contribution in [1.82, 2.24) is 0 Å². The lowest BCUT2D eigenvalue weighted by Gasteiger charge is -2.05. The number of carbonyl (C=O) groups is 1. The van der Waals surface area contributed by atoms with Crippen molar-refractivity contribution in [2.24, 2.45) is 0 Å². The number of hydrogen-bond acceptors (Lipinski definition) is 4. The predicted molar refractivity (Wildman–Crippen MR) is 60.1 cm³/mol. The van der Waals surface area contributed by atoms with E-state index in [1.165, 1.54) is 20.1 Å². The van der Waals surface area contributed by atoms with Crippen LogP contribution in [-0.4, -0.2) is 18.2 Å². The van der Waals surface area contributed by atoms with Gasteiger partial charge in [-0.25, -0.2) is 0 Å².